The summed E-state index contributed by atoms with van der Waals surface area (Å²) in [5.41, 5.74) is 0.0290. The van der Waals surface area contributed by atoms with Crippen molar-refractivity contribution in [2.24, 2.45) is 5.92 Å². The van der Waals surface area contributed by atoms with Gasteiger partial charge >= 0.3 is 5.97 Å². The van der Waals surface area contributed by atoms with Gasteiger partial charge in [0.05, 0.1) is 18.3 Å². The number of ether oxygens (including phenoxy) is 1. The topological polar surface area (TPSA) is 62.7 Å². The number of aliphatic hydroxyl groups is 1. The summed E-state index contributed by atoms with van der Waals surface area (Å²) in [6.07, 6.45) is 6.73. The van der Waals surface area contributed by atoms with Crippen molar-refractivity contribution in [2.45, 2.75) is 37.7 Å². The molecule has 0 bridgehead atoms. The van der Waals surface area contributed by atoms with Crippen LogP contribution in [0, 0.1) is 5.92 Å². The number of carbonyl (C=O) groups is 1. The molecule has 1 aliphatic carbocycles. The number of nitrogens with zero attached hydrogens (tertiary/aromatic N) is 2. The van der Waals surface area contributed by atoms with Crippen LogP contribution >= 0.6 is 0 Å². The lowest BCUT2D eigenvalue weighted by Crippen LogP contribution is -2.53. The Morgan fingerprint density at radius 2 is 2.33 bits per heavy atom. The third-order valence-electron chi connectivity index (χ3n) is 4.92. The molecule has 5 nitrogen and oxygen atoms in total. The Kier molecular flexibility index (Phi) is 3.85. The molecule has 1 aromatic rings. The van der Waals surface area contributed by atoms with Gasteiger partial charge in [0, 0.05) is 25.2 Å². The first-order valence-electron chi connectivity index (χ1n) is 7.64. The number of piperidine rings is 1. The number of methoxy groups -OCH3 is 1. The fourth-order valence-corrected chi connectivity index (χ4v) is 3.62. The minimum absolute atomic E-state index is 0.309. The van der Waals surface area contributed by atoms with E-state index < -0.39 is 5.60 Å². The van der Waals surface area contributed by atoms with Crippen LogP contribution in [0.1, 0.15) is 42.5 Å². The van der Waals surface area contributed by atoms with Crippen molar-refractivity contribution < 1.29 is 14.6 Å². The van der Waals surface area contributed by atoms with Gasteiger partial charge in [-0.2, -0.15) is 0 Å². The number of fused-ring (bicyclic) bond motifs is 1. The average molecular weight is 290 g/mol. The lowest BCUT2D eigenvalue weighted by Gasteiger charge is -2.47. The van der Waals surface area contributed by atoms with Gasteiger partial charge in [-0.05, 0) is 31.4 Å². The van der Waals surface area contributed by atoms with Crippen molar-refractivity contribution in [3.63, 3.8) is 0 Å². The van der Waals surface area contributed by atoms with E-state index in [0.29, 0.717) is 11.5 Å². The second kappa shape index (κ2) is 5.64. The van der Waals surface area contributed by atoms with E-state index in [0.717, 1.165) is 44.6 Å². The Morgan fingerprint density at radius 1 is 1.48 bits per heavy atom. The van der Waals surface area contributed by atoms with Crippen LogP contribution in [-0.4, -0.2) is 41.9 Å². The third kappa shape index (κ3) is 2.75. The van der Waals surface area contributed by atoms with E-state index in [4.69, 9.17) is 4.74 Å². The molecule has 2 atom stereocenters. The van der Waals surface area contributed by atoms with Crippen LogP contribution < -0.4 is 4.90 Å². The number of carbonyl (C=O) groups excluding carboxylic acids is 1. The summed E-state index contributed by atoms with van der Waals surface area (Å²) in [6, 6.07) is 3.44. The largest absolute Gasteiger partial charge is 0.465 e. The molecule has 114 valence electrons. The molecule has 0 aromatic carbocycles. The minimum atomic E-state index is -0.491. The summed E-state index contributed by atoms with van der Waals surface area (Å²) in [5.74, 6) is 0.763. The quantitative estimate of drug-likeness (QED) is 0.844. The lowest BCUT2D eigenvalue weighted by atomic mass is 9.71. The van der Waals surface area contributed by atoms with E-state index in [-0.39, 0.29) is 5.97 Å². The van der Waals surface area contributed by atoms with E-state index in [1.807, 2.05) is 0 Å². The summed E-state index contributed by atoms with van der Waals surface area (Å²) in [7, 11) is 1.38. The molecule has 1 aliphatic heterocycles. The van der Waals surface area contributed by atoms with Crippen molar-refractivity contribution in [1.82, 2.24) is 4.98 Å². The number of rotatable bonds is 2. The lowest BCUT2D eigenvalue weighted by molar-refractivity contribution is -0.0613. The van der Waals surface area contributed by atoms with Crippen LogP contribution in [0.5, 0.6) is 0 Å². The van der Waals surface area contributed by atoms with Gasteiger partial charge in [-0.15, -0.1) is 0 Å². The molecule has 1 N–H and O–H groups in total. The molecule has 2 fully saturated rings. The van der Waals surface area contributed by atoms with E-state index in [1.54, 1.807) is 18.3 Å². The maximum Gasteiger partial charge on any atom is 0.338 e. The highest BCUT2D eigenvalue weighted by molar-refractivity contribution is 5.90. The molecular weight excluding hydrogens is 268 g/mol. The van der Waals surface area contributed by atoms with Crippen LogP contribution in [0.2, 0.25) is 0 Å². The molecule has 2 heterocycles. The van der Waals surface area contributed by atoms with Crippen molar-refractivity contribution in [1.29, 1.82) is 0 Å². The van der Waals surface area contributed by atoms with Crippen LogP contribution in [-0.2, 0) is 4.74 Å². The summed E-state index contributed by atoms with van der Waals surface area (Å²) in [5, 5.41) is 10.7. The molecule has 1 aromatic heterocycles. The first kappa shape index (κ1) is 14.3. The second-order valence-corrected chi connectivity index (χ2v) is 6.14. The zero-order valence-electron chi connectivity index (χ0n) is 12.4. The Morgan fingerprint density at radius 3 is 3.14 bits per heavy atom. The maximum absolute atomic E-state index is 11.6. The van der Waals surface area contributed by atoms with E-state index >= 15 is 0 Å². The minimum Gasteiger partial charge on any atom is -0.465 e. The predicted octanol–water partition coefficient (Wildman–Crippen LogP) is 2.00. The van der Waals surface area contributed by atoms with Gasteiger partial charge in [-0.3, -0.25) is 0 Å². The Hall–Kier alpha value is -1.62. The summed E-state index contributed by atoms with van der Waals surface area (Å²) in [6.45, 7) is 1.60. The number of esters is 1. The van der Waals surface area contributed by atoms with E-state index in [9.17, 15) is 9.90 Å². The summed E-state index contributed by atoms with van der Waals surface area (Å²) in [4.78, 5) is 18.2. The second-order valence-electron chi connectivity index (χ2n) is 6.14. The molecule has 1 saturated carbocycles. The Balaban J connectivity index is 1.77. The zero-order chi connectivity index (χ0) is 14.9. The summed E-state index contributed by atoms with van der Waals surface area (Å²) >= 11 is 0. The molecular formula is C16H22N2O3. The fraction of sp³-hybridized carbons (Fsp3) is 0.625. The molecule has 1 saturated heterocycles. The van der Waals surface area contributed by atoms with Gasteiger partial charge in [0.2, 0.25) is 0 Å². The van der Waals surface area contributed by atoms with Crippen molar-refractivity contribution >= 4 is 11.8 Å². The van der Waals surface area contributed by atoms with E-state index in [1.165, 1.54) is 13.5 Å². The van der Waals surface area contributed by atoms with Crippen molar-refractivity contribution in [2.75, 3.05) is 25.1 Å². The standard InChI is InChI=1S/C16H22N2O3/c1-21-15(19)12-5-8-17-14(10-12)18-9-7-16(20)6-3-2-4-13(16)11-18/h5,8,10,13,20H,2-4,6-7,9,11H2,1H3. The molecule has 0 amide bonds. The molecule has 5 heteroatoms. The molecule has 3 rings (SSSR count). The highest BCUT2D eigenvalue weighted by Crippen LogP contribution is 2.40. The van der Waals surface area contributed by atoms with Gasteiger partial charge in [0.25, 0.3) is 0 Å². The average Bonchev–Trinajstić information content (AvgIpc) is 2.53. The number of hydrogen-bond acceptors (Lipinski definition) is 5. The maximum atomic E-state index is 11.6. The first-order chi connectivity index (χ1) is 10.1. The first-order valence-corrected chi connectivity index (χ1v) is 7.64. The molecule has 0 spiro atoms. The van der Waals surface area contributed by atoms with Gasteiger partial charge in [-0.1, -0.05) is 12.8 Å². The smallest absolute Gasteiger partial charge is 0.338 e. The number of pyridine rings is 1. The van der Waals surface area contributed by atoms with Crippen molar-refractivity contribution in [3.8, 4) is 0 Å². The van der Waals surface area contributed by atoms with Gasteiger partial charge in [-0.25, -0.2) is 9.78 Å². The normalized spacial score (nSPS) is 28.9. The van der Waals surface area contributed by atoms with Crippen LogP contribution in [0.25, 0.3) is 0 Å². The Bertz CT molecular complexity index is 534. The third-order valence-corrected chi connectivity index (χ3v) is 4.92. The predicted molar refractivity (Wildman–Crippen MR) is 79.3 cm³/mol. The number of aromatic nitrogens is 1. The van der Waals surface area contributed by atoms with E-state index in [2.05, 4.69) is 9.88 Å². The van der Waals surface area contributed by atoms with Crippen LogP contribution in [0.4, 0.5) is 5.82 Å². The van der Waals surface area contributed by atoms with Crippen molar-refractivity contribution in [3.05, 3.63) is 23.9 Å². The molecule has 2 unspecified atom stereocenters. The van der Waals surface area contributed by atoms with Gasteiger partial charge in [0.15, 0.2) is 0 Å². The number of anilines is 1. The number of hydrogen-bond donors (Lipinski definition) is 1. The molecule has 21 heavy (non-hydrogen) atoms. The highest BCUT2D eigenvalue weighted by atomic mass is 16.5. The molecule has 2 aliphatic rings. The van der Waals surface area contributed by atoms with Crippen LogP contribution in [0.3, 0.4) is 0 Å². The van der Waals surface area contributed by atoms with Gasteiger partial charge in [0.1, 0.15) is 5.82 Å². The highest BCUT2D eigenvalue weighted by Gasteiger charge is 2.42. The SMILES string of the molecule is COC(=O)c1ccnc(N2CCC3(O)CCCCC3C2)c1. The monoisotopic (exact) mass is 290 g/mol. The Labute approximate surface area is 124 Å². The fourth-order valence-electron chi connectivity index (χ4n) is 3.62. The van der Waals surface area contributed by atoms with Gasteiger partial charge < -0.3 is 14.7 Å². The summed E-state index contributed by atoms with van der Waals surface area (Å²) < 4.78 is 4.76. The van der Waals surface area contributed by atoms with Crippen LogP contribution in [0.15, 0.2) is 18.3 Å². The molecule has 0 radical (unpaired) electrons. The zero-order valence-corrected chi connectivity index (χ0v) is 12.4.